The summed E-state index contributed by atoms with van der Waals surface area (Å²) in [5, 5.41) is 20.6. The van der Waals surface area contributed by atoms with E-state index in [0.29, 0.717) is 6.04 Å². The largest absolute Gasteiger partial charge is 0.476 e. The Balaban J connectivity index is 1.50. The van der Waals surface area contributed by atoms with Crippen molar-refractivity contribution in [3.8, 4) is 11.8 Å². The number of nitrogens with zero attached hydrogens (tertiary/aromatic N) is 4. The molecule has 1 N–H and O–H groups in total. The van der Waals surface area contributed by atoms with Crippen molar-refractivity contribution in [1.29, 1.82) is 5.26 Å². The Kier molecular flexibility index (Phi) is 5.81. The average molecular weight is 337 g/mol. The third-order valence-electron chi connectivity index (χ3n) is 4.32. The first kappa shape index (κ1) is 17.2. The molecule has 2 atom stereocenters. The molecule has 1 aliphatic rings. The minimum absolute atomic E-state index is 0.432. The van der Waals surface area contributed by atoms with Crippen LogP contribution in [0.2, 0.25) is 0 Å². The number of aromatic nitrogens is 2. The van der Waals surface area contributed by atoms with Gasteiger partial charge in [0.1, 0.15) is 11.8 Å². The average Bonchev–Trinajstić information content (AvgIpc) is 2.68. The molecule has 2 aromatic rings. The smallest absolute Gasteiger partial charge is 0.181 e. The Morgan fingerprint density at radius 3 is 2.92 bits per heavy atom. The molecule has 2 heterocycles. The zero-order valence-corrected chi connectivity index (χ0v) is 14.4. The third-order valence-corrected chi connectivity index (χ3v) is 4.32. The summed E-state index contributed by atoms with van der Waals surface area (Å²) < 4.78 is 5.47. The molecule has 1 fully saturated rings. The predicted octanol–water partition coefficient (Wildman–Crippen LogP) is 2.53. The van der Waals surface area contributed by atoms with Crippen LogP contribution < -0.4 is 15.0 Å². The van der Waals surface area contributed by atoms with Crippen LogP contribution in [0.1, 0.15) is 25.3 Å². The molecule has 25 heavy (non-hydrogen) atoms. The second-order valence-corrected chi connectivity index (χ2v) is 6.28. The quantitative estimate of drug-likeness (QED) is 0.873. The van der Waals surface area contributed by atoms with E-state index in [0.717, 1.165) is 44.0 Å². The number of nitriles is 1. The van der Waals surface area contributed by atoms with Crippen molar-refractivity contribution in [3.05, 3.63) is 48.2 Å². The van der Waals surface area contributed by atoms with Gasteiger partial charge in [-0.3, -0.25) is 0 Å². The summed E-state index contributed by atoms with van der Waals surface area (Å²) in [6, 6.07) is 14.3. The molecule has 1 aromatic heterocycles. The molecule has 0 saturated carbocycles. The fraction of sp³-hybridized carbons (Fsp3) is 0.421. The van der Waals surface area contributed by atoms with Crippen molar-refractivity contribution in [2.75, 3.05) is 18.0 Å². The lowest BCUT2D eigenvalue weighted by atomic mass is 10.1. The second-order valence-electron chi connectivity index (χ2n) is 6.28. The number of anilines is 1. The first-order valence-electron chi connectivity index (χ1n) is 8.66. The first-order valence-corrected chi connectivity index (χ1v) is 8.66. The number of rotatable bonds is 6. The number of piperidine rings is 1. The molecule has 0 spiro atoms. The summed E-state index contributed by atoms with van der Waals surface area (Å²) in [6.45, 7) is 4.52. The molecule has 130 valence electrons. The summed E-state index contributed by atoms with van der Waals surface area (Å²) in [5.41, 5.74) is 1.20. The molecular weight excluding hydrogens is 314 g/mol. The zero-order chi connectivity index (χ0) is 17.5. The predicted molar refractivity (Wildman–Crippen MR) is 96.3 cm³/mol. The van der Waals surface area contributed by atoms with Gasteiger partial charge in [0.25, 0.3) is 0 Å². The van der Waals surface area contributed by atoms with Crippen LogP contribution in [-0.4, -0.2) is 35.4 Å². The van der Waals surface area contributed by atoms with Gasteiger partial charge in [-0.15, -0.1) is 5.10 Å². The van der Waals surface area contributed by atoms with E-state index in [2.05, 4.69) is 26.5 Å². The van der Waals surface area contributed by atoms with Gasteiger partial charge in [0.2, 0.25) is 0 Å². The monoisotopic (exact) mass is 337 g/mol. The number of hydrogen-bond donors (Lipinski definition) is 1. The van der Waals surface area contributed by atoms with Gasteiger partial charge in [-0.1, -0.05) is 12.1 Å². The van der Waals surface area contributed by atoms with Gasteiger partial charge in [0.05, 0.1) is 0 Å². The van der Waals surface area contributed by atoms with Crippen LogP contribution in [0.3, 0.4) is 0 Å². The molecule has 6 nitrogen and oxygen atoms in total. The highest BCUT2D eigenvalue weighted by Gasteiger charge is 2.20. The first-order chi connectivity index (χ1) is 12.2. The summed E-state index contributed by atoms with van der Waals surface area (Å²) in [6.07, 6.45) is 3.58. The molecule has 6 heteroatoms. The van der Waals surface area contributed by atoms with E-state index in [1.807, 2.05) is 36.4 Å². The van der Waals surface area contributed by atoms with Crippen LogP contribution in [-0.2, 0) is 6.54 Å². The maximum absolute atomic E-state index is 8.79. The van der Waals surface area contributed by atoms with E-state index in [4.69, 9.17) is 10.00 Å². The number of nitrogens with one attached hydrogen (secondary N) is 1. The SMILES string of the molecule is CC(C#N)Oc1ccc(CNC2CCCN(c3cccnn3)C2)cc1. The fourth-order valence-corrected chi connectivity index (χ4v) is 2.99. The summed E-state index contributed by atoms with van der Waals surface area (Å²) >= 11 is 0. The Labute approximate surface area is 148 Å². The van der Waals surface area contributed by atoms with E-state index >= 15 is 0 Å². The molecule has 1 aliphatic heterocycles. The standard InChI is InChI=1S/C19H23N5O/c1-15(12-20)25-18-8-6-16(7-9-18)13-21-17-4-3-11-24(14-17)19-5-2-10-22-23-19/h2,5-10,15,17,21H,3-4,11,13-14H2,1H3. The van der Waals surface area contributed by atoms with E-state index < -0.39 is 6.10 Å². The van der Waals surface area contributed by atoms with Gasteiger partial charge in [-0.25, -0.2) is 0 Å². The lowest BCUT2D eigenvalue weighted by molar-refractivity contribution is 0.276. The highest BCUT2D eigenvalue weighted by Crippen LogP contribution is 2.18. The fourth-order valence-electron chi connectivity index (χ4n) is 2.99. The van der Waals surface area contributed by atoms with Gasteiger partial charge in [-0.2, -0.15) is 10.4 Å². The molecule has 0 bridgehead atoms. The lowest BCUT2D eigenvalue weighted by Crippen LogP contribution is -2.45. The van der Waals surface area contributed by atoms with Gasteiger partial charge in [0.15, 0.2) is 11.9 Å². The van der Waals surface area contributed by atoms with Gasteiger partial charge < -0.3 is 15.0 Å². The minimum Gasteiger partial charge on any atom is -0.476 e. The van der Waals surface area contributed by atoms with Crippen LogP contribution in [0.4, 0.5) is 5.82 Å². The summed E-state index contributed by atoms with van der Waals surface area (Å²) in [4.78, 5) is 2.29. The van der Waals surface area contributed by atoms with Crippen molar-refractivity contribution in [2.24, 2.45) is 0 Å². The van der Waals surface area contributed by atoms with Crippen LogP contribution in [0, 0.1) is 11.3 Å². The summed E-state index contributed by atoms with van der Waals surface area (Å²) in [5.74, 6) is 1.67. The topological polar surface area (TPSA) is 74.1 Å². The molecule has 3 rings (SSSR count). The van der Waals surface area contributed by atoms with E-state index in [9.17, 15) is 0 Å². The second kappa shape index (κ2) is 8.45. The van der Waals surface area contributed by atoms with Crippen molar-refractivity contribution in [1.82, 2.24) is 15.5 Å². The highest BCUT2D eigenvalue weighted by molar-refractivity contribution is 5.37. The Hall–Kier alpha value is -2.65. The van der Waals surface area contributed by atoms with Crippen molar-refractivity contribution in [3.63, 3.8) is 0 Å². The van der Waals surface area contributed by atoms with Crippen LogP contribution in [0.15, 0.2) is 42.6 Å². The van der Waals surface area contributed by atoms with Crippen LogP contribution in [0.25, 0.3) is 0 Å². The maximum Gasteiger partial charge on any atom is 0.181 e. The van der Waals surface area contributed by atoms with Crippen LogP contribution in [0.5, 0.6) is 5.75 Å². The number of ether oxygens (including phenoxy) is 1. The van der Waals surface area contributed by atoms with Gasteiger partial charge in [-0.05, 0) is 49.6 Å². The third kappa shape index (κ3) is 4.91. The van der Waals surface area contributed by atoms with Crippen molar-refractivity contribution < 1.29 is 4.74 Å². The minimum atomic E-state index is -0.432. The molecule has 0 amide bonds. The lowest BCUT2D eigenvalue weighted by Gasteiger charge is -2.33. The van der Waals surface area contributed by atoms with Crippen molar-refractivity contribution in [2.45, 2.75) is 38.5 Å². The Morgan fingerprint density at radius 1 is 1.36 bits per heavy atom. The number of hydrogen-bond acceptors (Lipinski definition) is 6. The Morgan fingerprint density at radius 2 is 2.20 bits per heavy atom. The molecule has 0 aliphatic carbocycles. The highest BCUT2D eigenvalue weighted by atomic mass is 16.5. The number of benzene rings is 1. The molecule has 2 unspecified atom stereocenters. The van der Waals surface area contributed by atoms with Crippen LogP contribution >= 0.6 is 0 Å². The molecular formula is C19H23N5O. The normalized spacial score (nSPS) is 18.4. The zero-order valence-electron chi connectivity index (χ0n) is 14.4. The maximum atomic E-state index is 8.79. The molecule has 0 radical (unpaired) electrons. The van der Waals surface area contributed by atoms with E-state index in [1.54, 1.807) is 13.1 Å². The van der Waals surface area contributed by atoms with Crippen molar-refractivity contribution >= 4 is 5.82 Å². The Bertz CT molecular complexity index is 698. The van der Waals surface area contributed by atoms with Gasteiger partial charge in [0, 0.05) is 31.9 Å². The molecule has 1 aromatic carbocycles. The van der Waals surface area contributed by atoms with Gasteiger partial charge >= 0.3 is 0 Å². The molecule has 1 saturated heterocycles. The summed E-state index contributed by atoms with van der Waals surface area (Å²) in [7, 11) is 0. The van der Waals surface area contributed by atoms with E-state index in [1.165, 1.54) is 5.56 Å². The van der Waals surface area contributed by atoms with E-state index in [-0.39, 0.29) is 0 Å².